The number of carboxylic acids is 1. The Balaban J connectivity index is 2.50. The molecule has 3 amide bonds. The first-order valence-electron chi connectivity index (χ1n) is 13.8. The van der Waals surface area contributed by atoms with Gasteiger partial charge in [0.1, 0.15) is 18.1 Å². The third-order valence-electron chi connectivity index (χ3n) is 6.72. The number of aliphatic hydroxyl groups is 2. The number of primary amides is 1. The summed E-state index contributed by atoms with van der Waals surface area (Å²) in [4.78, 5) is 71.4. The van der Waals surface area contributed by atoms with E-state index in [4.69, 9.17) is 16.6 Å². The molecule has 5 atom stereocenters. The minimum absolute atomic E-state index is 0.0424. The summed E-state index contributed by atoms with van der Waals surface area (Å²) in [5.41, 5.74) is 12.1. The summed E-state index contributed by atoms with van der Waals surface area (Å²) in [7, 11) is 0. The van der Waals surface area contributed by atoms with Gasteiger partial charge in [-0.3, -0.25) is 24.0 Å². The summed E-state index contributed by atoms with van der Waals surface area (Å²) < 4.78 is 0. The highest BCUT2D eigenvalue weighted by Crippen LogP contribution is 2.16. The van der Waals surface area contributed by atoms with Gasteiger partial charge in [-0.15, -0.1) is 0 Å². The predicted octanol–water partition coefficient (Wildman–Crippen LogP) is -1.99. The molecule has 1 aromatic carbocycles. The van der Waals surface area contributed by atoms with Crippen molar-refractivity contribution in [1.29, 1.82) is 0 Å². The highest BCUT2D eigenvalue weighted by atomic mass is 16.4. The molecule has 1 rings (SSSR count). The lowest BCUT2D eigenvalue weighted by molar-refractivity contribution is -0.142. The molecule has 0 heterocycles. The van der Waals surface area contributed by atoms with Crippen molar-refractivity contribution in [2.45, 2.75) is 63.1 Å². The van der Waals surface area contributed by atoms with Crippen LogP contribution in [0.2, 0.25) is 0 Å². The molecule has 4 unspecified atom stereocenters. The molecule has 0 aliphatic rings. The zero-order chi connectivity index (χ0) is 31.5. The summed E-state index contributed by atoms with van der Waals surface area (Å²) in [5.74, 6) is -5.06. The Morgan fingerprint density at radius 1 is 0.952 bits per heavy atom. The van der Waals surface area contributed by atoms with Crippen LogP contribution in [0, 0.1) is 11.8 Å². The highest BCUT2D eigenvalue weighted by molar-refractivity contribution is 5.92. The van der Waals surface area contributed by atoms with Gasteiger partial charge >= 0.3 is 5.97 Å². The van der Waals surface area contributed by atoms with Crippen LogP contribution in [0.3, 0.4) is 0 Å². The molecule has 234 valence electrons. The lowest BCUT2D eigenvalue weighted by atomic mass is 9.90. The molecule has 10 N–H and O–H groups in total. The van der Waals surface area contributed by atoms with E-state index in [0.717, 1.165) is 5.56 Å². The Morgan fingerprint density at radius 3 is 2.21 bits per heavy atom. The number of rotatable bonds is 23. The molecule has 0 saturated heterocycles. The van der Waals surface area contributed by atoms with Gasteiger partial charge in [-0.05, 0) is 37.7 Å². The third-order valence-corrected chi connectivity index (χ3v) is 6.72. The SMILES string of the molecule is NC(=O)C(CO)NC(=O)C(CC(=O)C(N)CCCCNC(=O)CCC(CN[C@H](C=O)CO)C(=O)O)Cc1ccccc1. The van der Waals surface area contributed by atoms with Gasteiger partial charge in [0.15, 0.2) is 0 Å². The van der Waals surface area contributed by atoms with Crippen LogP contribution in [0.4, 0.5) is 0 Å². The predicted molar refractivity (Wildman–Crippen MR) is 152 cm³/mol. The summed E-state index contributed by atoms with van der Waals surface area (Å²) >= 11 is 0. The Hall–Kier alpha value is -3.72. The quantitative estimate of drug-likeness (QED) is 0.0509. The number of aliphatic hydroxyl groups excluding tert-OH is 2. The monoisotopic (exact) mass is 593 g/mol. The maximum atomic E-state index is 12.8. The van der Waals surface area contributed by atoms with Gasteiger partial charge in [0.05, 0.1) is 31.2 Å². The van der Waals surface area contributed by atoms with E-state index in [9.17, 15) is 39.0 Å². The molecule has 0 saturated carbocycles. The molecule has 42 heavy (non-hydrogen) atoms. The Morgan fingerprint density at radius 2 is 1.64 bits per heavy atom. The fourth-order valence-electron chi connectivity index (χ4n) is 4.08. The van der Waals surface area contributed by atoms with Crippen LogP contribution in [0.1, 0.15) is 44.1 Å². The number of carbonyl (C=O) groups is 6. The lowest BCUT2D eigenvalue weighted by Gasteiger charge is -2.21. The number of aliphatic carboxylic acids is 1. The number of hydrogen-bond donors (Lipinski definition) is 8. The maximum absolute atomic E-state index is 12.8. The Bertz CT molecular complexity index is 1020. The van der Waals surface area contributed by atoms with E-state index in [1.165, 1.54) is 0 Å². The van der Waals surface area contributed by atoms with E-state index in [-0.39, 0.29) is 43.9 Å². The lowest BCUT2D eigenvalue weighted by Crippen LogP contribution is -2.49. The number of carboxylic acid groups (broad SMARTS) is 1. The van der Waals surface area contributed by atoms with Crippen LogP contribution in [0.25, 0.3) is 0 Å². The average molecular weight is 594 g/mol. The van der Waals surface area contributed by atoms with Crippen molar-refractivity contribution >= 4 is 35.8 Å². The Labute approximate surface area is 244 Å². The normalized spacial score (nSPS) is 14.5. The van der Waals surface area contributed by atoms with E-state index in [1.807, 2.05) is 6.07 Å². The van der Waals surface area contributed by atoms with Crippen LogP contribution in [0.15, 0.2) is 30.3 Å². The number of aldehydes is 1. The third kappa shape index (κ3) is 14.3. The minimum Gasteiger partial charge on any atom is -0.481 e. The van der Waals surface area contributed by atoms with E-state index in [0.29, 0.717) is 32.1 Å². The van der Waals surface area contributed by atoms with Gasteiger partial charge in [0, 0.05) is 31.8 Å². The first-order chi connectivity index (χ1) is 20.0. The van der Waals surface area contributed by atoms with Crippen LogP contribution < -0.4 is 27.4 Å². The van der Waals surface area contributed by atoms with Gasteiger partial charge < -0.3 is 47.5 Å². The molecular formula is C28H43N5O9. The topological polar surface area (TPSA) is 251 Å². The van der Waals surface area contributed by atoms with Gasteiger partial charge in [-0.25, -0.2) is 0 Å². The van der Waals surface area contributed by atoms with Crippen molar-refractivity contribution in [2.24, 2.45) is 23.3 Å². The molecule has 0 radical (unpaired) electrons. The Kier molecular flexibility index (Phi) is 17.5. The van der Waals surface area contributed by atoms with E-state index in [1.54, 1.807) is 24.3 Å². The highest BCUT2D eigenvalue weighted by Gasteiger charge is 2.28. The number of carbonyl (C=O) groups excluding carboxylic acids is 5. The molecule has 0 fully saturated rings. The number of Topliss-reactive ketones (excluding diaryl/α,β-unsaturated/α-hetero) is 1. The molecular weight excluding hydrogens is 550 g/mol. The zero-order valence-electron chi connectivity index (χ0n) is 23.6. The van der Waals surface area contributed by atoms with E-state index < -0.39 is 61.0 Å². The number of unbranched alkanes of at least 4 members (excludes halogenated alkanes) is 1. The van der Waals surface area contributed by atoms with Crippen molar-refractivity contribution in [3.8, 4) is 0 Å². The van der Waals surface area contributed by atoms with Crippen LogP contribution >= 0.6 is 0 Å². The van der Waals surface area contributed by atoms with Crippen LogP contribution in [-0.4, -0.2) is 95.5 Å². The fraction of sp³-hybridized carbons (Fsp3) is 0.571. The first-order valence-corrected chi connectivity index (χ1v) is 13.8. The molecule has 14 heteroatoms. The number of benzene rings is 1. The van der Waals surface area contributed by atoms with Crippen molar-refractivity contribution < 1.29 is 44.1 Å². The van der Waals surface area contributed by atoms with Gasteiger partial charge in [-0.2, -0.15) is 0 Å². The minimum atomic E-state index is -1.28. The second-order valence-corrected chi connectivity index (χ2v) is 10.1. The van der Waals surface area contributed by atoms with Crippen molar-refractivity contribution in [2.75, 3.05) is 26.3 Å². The van der Waals surface area contributed by atoms with Crippen molar-refractivity contribution in [3.05, 3.63) is 35.9 Å². The molecule has 1 aromatic rings. The summed E-state index contributed by atoms with van der Waals surface area (Å²) in [6.07, 6.45) is 1.84. The summed E-state index contributed by atoms with van der Waals surface area (Å²) in [5, 5.41) is 35.3. The molecule has 0 aromatic heterocycles. The summed E-state index contributed by atoms with van der Waals surface area (Å²) in [6.45, 7) is -0.911. The van der Waals surface area contributed by atoms with Crippen molar-refractivity contribution in [1.82, 2.24) is 16.0 Å². The first kappa shape index (κ1) is 36.3. The second-order valence-electron chi connectivity index (χ2n) is 10.1. The summed E-state index contributed by atoms with van der Waals surface area (Å²) in [6, 6.07) is 6.00. The van der Waals surface area contributed by atoms with Gasteiger partial charge in [0.25, 0.3) is 0 Å². The number of amides is 3. The standard InChI is InChI=1S/C28H43N5O9/c29-22(8-4-5-11-31-25(38)10-9-19(28(41)42)14-32-21(15-34)16-35)24(37)13-20(12-18-6-2-1-3-7-18)27(40)33-23(17-36)26(30)39/h1-3,6-7,15,19-23,32,35-36H,4-5,8-14,16-17,29H2,(H2,30,39)(H,31,38)(H,33,40)(H,41,42)/t19?,20?,21-,22?,23?/m1/s1. The number of ketones is 1. The molecule has 14 nitrogen and oxygen atoms in total. The van der Waals surface area contributed by atoms with Crippen LogP contribution in [-0.2, 0) is 35.2 Å². The smallest absolute Gasteiger partial charge is 0.307 e. The average Bonchev–Trinajstić information content (AvgIpc) is 2.97. The largest absolute Gasteiger partial charge is 0.481 e. The van der Waals surface area contributed by atoms with E-state index in [2.05, 4.69) is 16.0 Å². The number of hydrogen-bond acceptors (Lipinski definition) is 10. The fourth-order valence-corrected chi connectivity index (χ4v) is 4.08. The molecule has 0 spiro atoms. The molecule has 0 aliphatic heterocycles. The zero-order valence-corrected chi connectivity index (χ0v) is 23.6. The second kappa shape index (κ2) is 20.2. The number of nitrogens with two attached hydrogens (primary N) is 2. The van der Waals surface area contributed by atoms with Crippen LogP contribution in [0.5, 0.6) is 0 Å². The number of nitrogens with one attached hydrogen (secondary N) is 3. The van der Waals surface area contributed by atoms with E-state index >= 15 is 0 Å². The van der Waals surface area contributed by atoms with Gasteiger partial charge in [-0.1, -0.05) is 30.3 Å². The molecule has 0 aliphatic carbocycles. The maximum Gasteiger partial charge on any atom is 0.307 e. The van der Waals surface area contributed by atoms with Gasteiger partial charge in [0.2, 0.25) is 17.7 Å². The van der Waals surface area contributed by atoms with Crippen molar-refractivity contribution in [3.63, 3.8) is 0 Å². The molecule has 0 bridgehead atoms.